The standard InChI is InChI=1S/C41H29N2/c1-27-15-17-28(18-16-27)40-34-9-2-4-11-36(34)41(37-12-5-3-10-35(37)40)32-22-20-29-24-31(21-19-30(29)25-32)38-13-6-14-39(43-38)33-8-7-23-42-26-33/h2-22,24-26H,23H2,1H3/q-1. The van der Waals surface area contributed by atoms with Crippen LogP contribution < -0.4 is 0 Å². The van der Waals surface area contributed by atoms with Crippen molar-refractivity contribution >= 4 is 37.9 Å². The minimum absolute atomic E-state index is 0.734. The lowest BCUT2D eigenvalue weighted by Crippen LogP contribution is -1.93. The predicted octanol–water partition coefficient (Wildman–Crippen LogP) is 11.1. The van der Waals surface area contributed by atoms with Crippen molar-refractivity contribution in [2.24, 2.45) is 0 Å². The second-order valence-corrected chi connectivity index (χ2v) is 11.2. The summed E-state index contributed by atoms with van der Waals surface area (Å²) < 4.78 is 0. The average molecular weight is 550 g/mol. The third-order valence-corrected chi connectivity index (χ3v) is 8.48. The van der Waals surface area contributed by atoms with Gasteiger partial charge in [-0.15, -0.1) is 12.6 Å². The van der Waals surface area contributed by atoms with Crippen molar-refractivity contribution in [1.29, 1.82) is 0 Å². The molecule has 1 aromatic heterocycles. The van der Waals surface area contributed by atoms with Gasteiger partial charge in [0.25, 0.3) is 0 Å². The van der Waals surface area contributed by atoms with E-state index in [1.54, 1.807) is 0 Å². The maximum atomic E-state index is 4.97. The van der Waals surface area contributed by atoms with Crippen LogP contribution in [0.25, 0.3) is 76.7 Å². The third-order valence-electron chi connectivity index (χ3n) is 8.48. The highest BCUT2D eigenvalue weighted by molar-refractivity contribution is 6.21. The van der Waals surface area contributed by atoms with E-state index in [1.807, 2.05) is 12.3 Å². The van der Waals surface area contributed by atoms with Crippen LogP contribution in [0.2, 0.25) is 0 Å². The van der Waals surface area contributed by atoms with Crippen LogP contribution in [0.3, 0.4) is 0 Å². The van der Waals surface area contributed by atoms with E-state index in [-0.39, 0.29) is 0 Å². The molecule has 0 amide bonds. The Kier molecular flexibility index (Phi) is 6.12. The van der Waals surface area contributed by atoms with Crippen molar-refractivity contribution < 1.29 is 0 Å². The predicted molar refractivity (Wildman–Crippen MR) is 183 cm³/mol. The third kappa shape index (κ3) is 4.49. The fourth-order valence-electron chi connectivity index (χ4n) is 6.37. The van der Waals surface area contributed by atoms with Gasteiger partial charge in [-0.1, -0.05) is 115 Å². The first-order chi connectivity index (χ1) is 21.2. The summed E-state index contributed by atoms with van der Waals surface area (Å²) in [5.41, 5.74) is 10.4. The van der Waals surface area contributed by atoms with Crippen molar-refractivity contribution in [3.63, 3.8) is 0 Å². The molecule has 6 aromatic carbocycles. The van der Waals surface area contributed by atoms with E-state index >= 15 is 0 Å². The fraction of sp³-hybridized carbons (Fsp3) is 0.0488. The van der Waals surface area contributed by atoms with Crippen LogP contribution in [-0.4, -0.2) is 11.5 Å². The van der Waals surface area contributed by atoms with Gasteiger partial charge in [-0.3, -0.25) is 0 Å². The van der Waals surface area contributed by atoms with Gasteiger partial charge >= 0.3 is 0 Å². The van der Waals surface area contributed by atoms with E-state index in [9.17, 15) is 0 Å². The van der Waals surface area contributed by atoms with Crippen LogP contribution in [0, 0.1) is 6.92 Å². The zero-order valence-corrected chi connectivity index (χ0v) is 24.0. The molecule has 1 aliphatic heterocycles. The van der Waals surface area contributed by atoms with Gasteiger partial charge < -0.3 is 5.32 Å². The van der Waals surface area contributed by atoms with Crippen LogP contribution in [0.1, 0.15) is 11.3 Å². The lowest BCUT2D eigenvalue weighted by atomic mass is 9.85. The Balaban J connectivity index is 1.27. The molecule has 2 heteroatoms. The molecular weight excluding hydrogens is 520 g/mol. The quantitative estimate of drug-likeness (QED) is 0.201. The minimum Gasteiger partial charge on any atom is -0.687 e. The molecule has 0 saturated carbocycles. The molecule has 0 N–H and O–H groups in total. The second-order valence-electron chi connectivity index (χ2n) is 11.2. The van der Waals surface area contributed by atoms with E-state index < -0.39 is 0 Å². The normalized spacial score (nSPS) is 12.9. The number of nitrogens with zero attached hydrogens (tertiary/aromatic N) is 2. The highest BCUT2D eigenvalue weighted by atomic mass is 14.8. The average Bonchev–Trinajstić information content (AvgIpc) is 3.07. The first kappa shape index (κ1) is 25.3. The number of benzene rings is 6. The molecule has 8 rings (SSSR count). The molecule has 0 fully saturated rings. The molecule has 7 aromatic rings. The van der Waals surface area contributed by atoms with Gasteiger partial charge in [-0.2, -0.15) is 6.20 Å². The Labute approximate surface area is 251 Å². The number of hydrogen-bond donors (Lipinski definition) is 0. The summed E-state index contributed by atoms with van der Waals surface area (Å²) in [4.78, 5) is 4.97. The Bertz CT molecular complexity index is 2180. The number of rotatable bonds is 4. The largest absolute Gasteiger partial charge is 0.687 e. The molecule has 0 aliphatic carbocycles. The maximum Gasteiger partial charge on any atom is 0.0709 e. The summed E-state index contributed by atoms with van der Waals surface area (Å²) in [7, 11) is 0. The Morgan fingerprint density at radius 1 is 0.535 bits per heavy atom. The first-order valence-corrected chi connectivity index (χ1v) is 14.8. The van der Waals surface area contributed by atoms with Crippen LogP contribution in [-0.2, 0) is 0 Å². The van der Waals surface area contributed by atoms with Crippen molar-refractivity contribution in [3.05, 3.63) is 162 Å². The van der Waals surface area contributed by atoms with Crippen LogP contribution in [0.5, 0.6) is 0 Å². The van der Waals surface area contributed by atoms with Gasteiger partial charge in [0.05, 0.1) is 11.4 Å². The Morgan fingerprint density at radius 2 is 1.09 bits per heavy atom. The zero-order valence-electron chi connectivity index (χ0n) is 24.0. The summed E-state index contributed by atoms with van der Waals surface area (Å²) in [5.74, 6) is 0. The van der Waals surface area contributed by atoms with Crippen LogP contribution in [0.4, 0.5) is 0 Å². The summed E-state index contributed by atoms with van der Waals surface area (Å²) in [6.07, 6.45) is 6.08. The lowest BCUT2D eigenvalue weighted by Gasteiger charge is -2.19. The van der Waals surface area contributed by atoms with E-state index in [4.69, 9.17) is 4.98 Å². The molecule has 0 spiro atoms. The van der Waals surface area contributed by atoms with Gasteiger partial charge in [0.1, 0.15) is 0 Å². The number of pyridine rings is 1. The van der Waals surface area contributed by atoms with Crippen molar-refractivity contribution in [3.8, 4) is 33.5 Å². The van der Waals surface area contributed by atoms with Gasteiger partial charge in [0.2, 0.25) is 0 Å². The summed E-state index contributed by atoms with van der Waals surface area (Å²) in [5, 5.41) is 11.9. The van der Waals surface area contributed by atoms with E-state index in [0.29, 0.717) is 0 Å². The monoisotopic (exact) mass is 549 g/mol. The minimum atomic E-state index is 0.734. The Hall–Kier alpha value is -5.47. The number of allylic oxidation sites excluding steroid dienone is 2. The molecule has 204 valence electrons. The highest BCUT2D eigenvalue weighted by Gasteiger charge is 2.16. The Morgan fingerprint density at radius 3 is 1.72 bits per heavy atom. The lowest BCUT2D eigenvalue weighted by molar-refractivity contribution is 1.27. The van der Waals surface area contributed by atoms with Gasteiger partial charge in [-0.25, -0.2) is 4.98 Å². The molecule has 0 unspecified atom stereocenters. The molecule has 0 atom stereocenters. The zero-order chi connectivity index (χ0) is 28.8. The smallest absolute Gasteiger partial charge is 0.0709 e. The SMILES string of the molecule is Cc1ccc(-c2c3ccccc3c(-c3ccc4cc(-c5cccc(C6=C[N-]CC=C6)n5)ccc4c3)c3ccccc23)cc1. The van der Waals surface area contributed by atoms with Crippen molar-refractivity contribution in [2.45, 2.75) is 6.92 Å². The van der Waals surface area contributed by atoms with Gasteiger partial charge in [-0.05, 0) is 91.3 Å². The first-order valence-electron chi connectivity index (χ1n) is 14.8. The molecule has 1 aliphatic rings. The van der Waals surface area contributed by atoms with E-state index in [0.717, 1.165) is 29.1 Å². The highest BCUT2D eigenvalue weighted by Crippen LogP contribution is 2.44. The van der Waals surface area contributed by atoms with Crippen molar-refractivity contribution in [1.82, 2.24) is 4.98 Å². The molecule has 2 heterocycles. The van der Waals surface area contributed by atoms with Gasteiger partial charge in [0, 0.05) is 5.56 Å². The number of fused-ring (bicyclic) bond motifs is 3. The van der Waals surface area contributed by atoms with E-state index in [2.05, 4.69) is 146 Å². The molecule has 0 radical (unpaired) electrons. The molecule has 0 bridgehead atoms. The molecule has 43 heavy (non-hydrogen) atoms. The molecular formula is C41H29N2-. The topological polar surface area (TPSA) is 27.0 Å². The van der Waals surface area contributed by atoms with Crippen LogP contribution in [0.15, 0.2) is 146 Å². The fourth-order valence-corrected chi connectivity index (χ4v) is 6.37. The summed E-state index contributed by atoms with van der Waals surface area (Å²) >= 11 is 0. The van der Waals surface area contributed by atoms with Gasteiger partial charge in [0.15, 0.2) is 0 Å². The number of aromatic nitrogens is 1. The number of hydrogen-bond acceptors (Lipinski definition) is 1. The second kappa shape index (κ2) is 10.4. The molecule has 0 saturated heterocycles. The number of aryl methyl sites for hydroxylation is 1. The van der Waals surface area contributed by atoms with Crippen LogP contribution >= 0.6 is 0 Å². The molecule has 2 nitrogen and oxygen atoms in total. The summed E-state index contributed by atoms with van der Waals surface area (Å²) in [6, 6.07) is 46.3. The summed E-state index contributed by atoms with van der Waals surface area (Å²) in [6.45, 7) is 2.88. The van der Waals surface area contributed by atoms with Crippen molar-refractivity contribution in [2.75, 3.05) is 6.54 Å². The van der Waals surface area contributed by atoms with E-state index in [1.165, 1.54) is 60.1 Å². The maximum absolute atomic E-state index is 4.97.